The van der Waals surface area contributed by atoms with Crippen LogP contribution in [-0.4, -0.2) is 39.5 Å². The molecule has 1 aromatic rings. The Balaban J connectivity index is 2.29. The molecule has 118 valence electrons. The summed E-state index contributed by atoms with van der Waals surface area (Å²) >= 11 is 6.06. The van der Waals surface area contributed by atoms with Crippen LogP contribution in [0.1, 0.15) is 18.4 Å². The normalized spacial score (nSPS) is 20.6. The topological polar surface area (TPSA) is 72.6 Å². The molecule has 1 aliphatic rings. The van der Waals surface area contributed by atoms with E-state index in [1.807, 2.05) is 0 Å². The lowest BCUT2D eigenvalue weighted by Gasteiger charge is -2.31. The number of sulfonamides is 1. The van der Waals surface area contributed by atoms with Crippen molar-refractivity contribution in [1.29, 1.82) is 0 Å². The number of nitrogens with zero attached hydrogens (tertiary/aromatic N) is 1. The quantitative estimate of drug-likeness (QED) is 0.858. The van der Waals surface area contributed by atoms with E-state index in [-0.39, 0.29) is 10.8 Å². The summed E-state index contributed by atoms with van der Waals surface area (Å²) in [6, 6.07) is 2.96. The van der Waals surface area contributed by atoms with Crippen molar-refractivity contribution in [3.63, 3.8) is 0 Å². The summed E-state index contributed by atoms with van der Waals surface area (Å²) in [7, 11) is -1.93. The highest BCUT2D eigenvalue weighted by atomic mass is 35.5. The van der Waals surface area contributed by atoms with Gasteiger partial charge in [-0.2, -0.15) is 4.31 Å². The molecule has 1 aliphatic heterocycles. The highest BCUT2D eigenvalue weighted by Crippen LogP contribution is 2.29. The number of nitrogen functional groups attached to an aromatic ring is 1. The molecule has 0 radical (unpaired) electrons. The average Bonchev–Trinajstić information content (AvgIpc) is 2.45. The number of methoxy groups -OCH3 is 1. The highest BCUT2D eigenvalue weighted by molar-refractivity contribution is 7.89. The molecule has 1 unspecified atom stereocenters. The number of benzene rings is 1. The maximum absolute atomic E-state index is 12.7. The Morgan fingerprint density at radius 3 is 2.81 bits per heavy atom. The van der Waals surface area contributed by atoms with Gasteiger partial charge in [0.25, 0.3) is 0 Å². The summed E-state index contributed by atoms with van der Waals surface area (Å²) in [5, 5.41) is 0.374. The third kappa shape index (κ3) is 3.51. The van der Waals surface area contributed by atoms with Crippen LogP contribution in [0.15, 0.2) is 17.0 Å². The van der Waals surface area contributed by atoms with E-state index >= 15 is 0 Å². The average molecular weight is 333 g/mol. The zero-order valence-corrected chi connectivity index (χ0v) is 13.9. The molecular weight excluding hydrogens is 312 g/mol. The number of halogens is 1. The minimum atomic E-state index is -3.56. The molecule has 21 heavy (non-hydrogen) atoms. The summed E-state index contributed by atoms with van der Waals surface area (Å²) in [5.74, 6) is 0.233. The monoisotopic (exact) mass is 332 g/mol. The molecule has 5 nitrogen and oxygen atoms in total. The van der Waals surface area contributed by atoms with Crippen LogP contribution in [-0.2, 0) is 14.8 Å². The van der Waals surface area contributed by atoms with Crippen molar-refractivity contribution in [3.05, 3.63) is 22.7 Å². The summed E-state index contributed by atoms with van der Waals surface area (Å²) < 4.78 is 32.1. The van der Waals surface area contributed by atoms with E-state index in [1.165, 1.54) is 16.4 Å². The molecule has 0 saturated carbocycles. The number of nitrogens with two attached hydrogens (primary N) is 1. The molecule has 0 aliphatic carbocycles. The Morgan fingerprint density at radius 1 is 1.48 bits per heavy atom. The first-order valence-corrected chi connectivity index (χ1v) is 8.72. The molecule has 1 heterocycles. The van der Waals surface area contributed by atoms with E-state index in [2.05, 4.69) is 0 Å². The van der Waals surface area contributed by atoms with Gasteiger partial charge >= 0.3 is 0 Å². The second-order valence-electron chi connectivity index (χ2n) is 5.45. The van der Waals surface area contributed by atoms with Crippen LogP contribution < -0.4 is 5.73 Å². The van der Waals surface area contributed by atoms with Crippen molar-refractivity contribution in [3.8, 4) is 0 Å². The Bertz CT molecular complexity index is 594. The Hall–Kier alpha value is -0.820. The number of hydrogen-bond donors (Lipinski definition) is 1. The van der Waals surface area contributed by atoms with Crippen molar-refractivity contribution < 1.29 is 13.2 Å². The van der Waals surface area contributed by atoms with Crippen molar-refractivity contribution >= 4 is 27.3 Å². The number of rotatable bonds is 4. The van der Waals surface area contributed by atoms with E-state index in [9.17, 15) is 8.42 Å². The third-order valence-corrected chi connectivity index (χ3v) is 6.12. The van der Waals surface area contributed by atoms with Crippen LogP contribution in [0.5, 0.6) is 0 Å². The zero-order chi connectivity index (χ0) is 15.6. The first-order chi connectivity index (χ1) is 9.86. The number of hydrogen-bond acceptors (Lipinski definition) is 4. The molecule has 7 heteroatoms. The Labute approximate surface area is 131 Å². The van der Waals surface area contributed by atoms with Crippen molar-refractivity contribution in [2.24, 2.45) is 5.92 Å². The van der Waals surface area contributed by atoms with Gasteiger partial charge in [-0.15, -0.1) is 0 Å². The molecule has 0 aromatic heterocycles. The van der Waals surface area contributed by atoms with Gasteiger partial charge in [0.2, 0.25) is 10.0 Å². The highest BCUT2D eigenvalue weighted by Gasteiger charge is 2.30. The second-order valence-corrected chi connectivity index (χ2v) is 7.79. The fourth-order valence-electron chi connectivity index (χ4n) is 2.59. The van der Waals surface area contributed by atoms with Crippen LogP contribution in [0.2, 0.25) is 5.02 Å². The van der Waals surface area contributed by atoms with Crippen LogP contribution in [0.3, 0.4) is 0 Å². The van der Waals surface area contributed by atoms with Crippen LogP contribution in [0.25, 0.3) is 0 Å². The van der Waals surface area contributed by atoms with Gasteiger partial charge in [-0.05, 0) is 43.4 Å². The first-order valence-electron chi connectivity index (χ1n) is 6.91. The minimum absolute atomic E-state index is 0.161. The van der Waals surface area contributed by atoms with Crippen LogP contribution in [0, 0.1) is 12.8 Å². The molecule has 0 spiro atoms. The van der Waals surface area contributed by atoms with Crippen molar-refractivity contribution in [2.45, 2.75) is 24.7 Å². The van der Waals surface area contributed by atoms with Gasteiger partial charge in [0, 0.05) is 30.9 Å². The third-order valence-electron chi connectivity index (χ3n) is 3.88. The van der Waals surface area contributed by atoms with E-state index in [1.54, 1.807) is 14.0 Å². The van der Waals surface area contributed by atoms with E-state index in [0.29, 0.717) is 36.0 Å². The molecule has 2 N–H and O–H groups in total. The summed E-state index contributed by atoms with van der Waals surface area (Å²) in [5.41, 5.74) is 6.93. The Morgan fingerprint density at radius 2 is 2.19 bits per heavy atom. The Kier molecular flexibility index (Phi) is 5.14. The maximum Gasteiger partial charge on any atom is 0.243 e. The van der Waals surface area contributed by atoms with Crippen molar-refractivity contribution in [1.82, 2.24) is 4.31 Å². The molecule has 2 rings (SSSR count). The SMILES string of the molecule is COCC1CCCN(S(=O)(=O)c2cc(N)c(C)c(Cl)c2)C1. The lowest BCUT2D eigenvalue weighted by atomic mass is 10.0. The first kappa shape index (κ1) is 16.5. The maximum atomic E-state index is 12.7. The van der Waals surface area contributed by atoms with Gasteiger partial charge in [-0.3, -0.25) is 0 Å². The van der Waals surface area contributed by atoms with Crippen molar-refractivity contribution in [2.75, 3.05) is 32.5 Å². The van der Waals surface area contributed by atoms with Gasteiger partial charge in [-0.1, -0.05) is 11.6 Å². The lowest BCUT2D eigenvalue weighted by Crippen LogP contribution is -2.41. The van der Waals surface area contributed by atoms with Gasteiger partial charge in [0.1, 0.15) is 0 Å². The molecule has 0 bridgehead atoms. The van der Waals surface area contributed by atoms with Crippen LogP contribution in [0.4, 0.5) is 5.69 Å². The molecule has 0 amide bonds. The second kappa shape index (κ2) is 6.52. The molecule has 1 fully saturated rings. The van der Waals surface area contributed by atoms with Crippen LogP contribution >= 0.6 is 11.6 Å². The predicted molar refractivity (Wildman–Crippen MR) is 84.0 cm³/mol. The van der Waals surface area contributed by atoms with Gasteiger partial charge in [-0.25, -0.2) is 8.42 Å². The van der Waals surface area contributed by atoms with E-state index < -0.39 is 10.0 Å². The minimum Gasteiger partial charge on any atom is -0.398 e. The summed E-state index contributed by atoms with van der Waals surface area (Å²) in [6.07, 6.45) is 1.82. The lowest BCUT2D eigenvalue weighted by molar-refractivity contribution is 0.118. The number of piperidine rings is 1. The predicted octanol–water partition coefficient (Wildman–Crippen LogP) is 2.28. The standard InChI is InChI=1S/C14H21ClN2O3S/c1-10-13(15)6-12(7-14(10)16)21(18,19)17-5-3-4-11(8-17)9-20-2/h6-7,11H,3-5,8-9,16H2,1-2H3. The summed E-state index contributed by atoms with van der Waals surface area (Å²) in [6.45, 7) is 3.34. The fraction of sp³-hybridized carbons (Fsp3) is 0.571. The van der Waals surface area contributed by atoms with Gasteiger partial charge in [0.05, 0.1) is 11.5 Å². The molecule has 1 saturated heterocycles. The molecule has 1 aromatic carbocycles. The fourth-order valence-corrected chi connectivity index (χ4v) is 4.50. The largest absolute Gasteiger partial charge is 0.398 e. The van der Waals surface area contributed by atoms with E-state index in [0.717, 1.165) is 12.8 Å². The van der Waals surface area contributed by atoms with Gasteiger partial charge in [0.15, 0.2) is 0 Å². The van der Waals surface area contributed by atoms with E-state index in [4.69, 9.17) is 22.1 Å². The number of ether oxygens (including phenoxy) is 1. The zero-order valence-electron chi connectivity index (χ0n) is 12.3. The summed E-state index contributed by atoms with van der Waals surface area (Å²) in [4.78, 5) is 0.161. The number of anilines is 1. The van der Waals surface area contributed by atoms with Gasteiger partial charge < -0.3 is 10.5 Å². The molecular formula is C14H21ClN2O3S. The molecule has 1 atom stereocenters. The smallest absolute Gasteiger partial charge is 0.243 e.